The molecule has 4 aromatic heterocycles. The number of nitrogens with one attached hydrogen (secondary N) is 1. The molecule has 0 aliphatic rings. The first-order valence-corrected chi connectivity index (χ1v) is 10.0. The Labute approximate surface area is 169 Å². The topological polar surface area (TPSA) is 110 Å². The second-order valence-corrected chi connectivity index (χ2v) is 8.51. The molecule has 0 saturated carbocycles. The number of aromatic amines is 1. The number of thiophene rings is 1. The Morgan fingerprint density at radius 3 is 2.76 bits per heavy atom. The van der Waals surface area contributed by atoms with Crippen LogP contribution in [-0.4, -0.2) is 30.2 Å². The van der Waals surface area contributed by atoms with Crippen molar-refractivity contribution in [1.29, 1.82) is 0 Å². The number of fused-ring (bicyclic) bond motifs is 2. The molecule has 0 saturated heterocycles. The van der Waals surface area contributed by atoms with E-state index in [0.717, 1.165) is 15.5 Å². The molecule has 0 unspecified atom stereocenters. The van der Waals surface area contributed by atoms with Crippen LogP contribution in [0.15, 0.2) is 34.1 Å². The van der Waals surface area contributed by atoms with Crippen molar-refractivity contribution in [3.05, 3.63) is 61.4 Å². The molecule has 0 fully saturated rings. The van der Waals surface area contributed by atoms with Crippen molar-refractivity contribution in [2.75, 3.05) is 0 Å². The van der Waals surface area contributed by atoms with Crippen LogP contribution in [0.25, 0.3) is 21.3 Å². The van der Waals surface area contributed by atoms with Crippen LogP contribution in [0.1, 0.15) is 34.6 Å². The van der Waals surface area contributed by atoms with Gasteiger partial charge in [-0.15, -0.1) is 11.3 Å². The van der Waals surface area contributed by atoms with E-state index in [1.807, 2.05) is 26.0 Å². The average Bonchev–Trinajstić information content (AvgIpc) is 3.28. The zero-order valence-electron chi connectivity index (χ0n) is 16.2. The zero-order valence-corrected chi connectivity index (χ0v) is 17.0. The van der Waals surface area contributed by atoms with E-state index in [0.29, 0.717) is 28.3 Å². The molecule has 0 spiro atoms. The number of rotatable bonds is 5. The highest BCUT2D eigenvalue weighted by Gasteiger charge is 2.25. The number of nitrogens with zero attached hydrogens (tertiary/aromatic N) is 3. The van der Waals surface area contributed by atoms with Crippen molar-refractivity contribution in [3.63, 3.8) is 0 Å². The van der Waals surface area contributed by atoms with Gasteiger partial charge in [-0.05, 0) is 23.6 Å². The predicted octanol–water partition coefficient (Wildman–Crippen LogP) is 2.58. The van der Waals surface area contributed by atoms with Crippen molar-refractivity contribution < 1.29 is 9.90 Å². The van der Waals surface area contributed by atoms with Gasteiger partial charge >= 0.3 is 11.7 Å². The molecule has 2 N–H and O–H groups in total. The van der Waals surface area contributed by atoms with Crippen molar-refractivity contribution in [2.24, 2.45) is 13.0 Å². The lowest BCUT2D eigenvalue weighted by Crippen LogP contribution is -2.38. The van der Waals surface area contributed by atoms with Crippen LogP contribution in [0.4, 0.5) is 0 Å². The maximum Gasteiger partial charge on any atom is 0.337 e. The molecule has 0 radical (unpaired) electrons. The van der Waals surface area contributed by atoms with Gasteiger partial charge < -0.3 is 10.1 Å². The summed E-state index contributed by atoms with van der Waals surface area (Å²) in [6.45, 7) is 4.34. The summed E-state index contributed by atoms with van der Waals surface area (Å²) in [4.78, 5) is 45.9. The highest BCUT2D eigenvalue weighted by molar-refractivity contribution is 7.19. The first-order valence-electron chi connectivity index (χ1n) is 9.19. The summed E-state index contributed by atoms with van der Waals surface area (Å²) < 4.78 is 2.50. The van der Waals surface area contributed by atoms with Crippen molar-refractivity contribution in [2.45, 2.75) is 26.8 Å². The molecule has 0 aliphatic carbocycles. The van der Waals surface area contributed by atoms with Gasteiger partial charge in [-0.1, -0.05) is 13.8 Å². The van der Waals surface area contributed by atoms with Crippen LogP contribution < -0.4 is 11.2 Å². The Morgan fingerprint density at radius 2 is 2.07 bits per heavy atom. The fourth-order valence-electron chi connectivity index (χ4n) is 3.60. The van der Waals surface area contributed by atoms with Crippen LogP contribution in [-0.2, 0) is 20.0 Å². The predicted molar refractivity (Wildman–Crippen MR) is 112 cm³/mol. The van der Waals surface area contributed by atoms with Gasteiger partial charge in [-0.3, -0.25) is 13.9 Å². The third kappa shape index (κ3) is 3.07. The van der Waals surface area contributed by atoms with Gasteiger partial charge in [0, 0.05) is 42.7 Å². The number of pyridine rings is 1. The summed E-state index contributed by atoms with van der Waals surface area (Å²) >= 11 is 1.20. The fraction of sp³-hybridized carbons (Fsp3) is 0.300. The second kappa shape index (κ2) is 7.00. The number of aromatic nitrogens is 4. The van der Waals surface area contributed by atoms with Gasteiger partial charge in [0.05, 0.1) is 10.9 Å². The van der Waals surface area contributed by atoms with Crippen LogP contribution in [0.2, 0.25) is 0 Å². The Morgan fingerprint density at radius 1 is 1.31 bits per heavy atom. The first kappa shape index (κ1) is 19.1. The Bertz CT molecular complexity index is 1370. The largest absolute Gasteiger partial charge is 0.478 e. The molecule has 29 heavy (non-hydrogen) atoms. The molecule has 150 valence electrons. The van der Waals surface area contributed by atoms with E-state index in [4.69, 9.17) is 0 Å². The maximum atomic E-state index is 12.8. The molecule has 0 bridgehead atoms. The highest BCUT2D eigenvalue weighted by Crippen LogP contribution is 2.32. The van der Waals surface area contributed by atoms with Gasteiger partial charge in [-0.2, -0.15) is 0 Å². The highest BCUT2D eigenvalue weighted by atomic mass is 32.1. The van der Waals surface area contributed by atoms with E-state index < -0.39 is 17.2 Å². The molecule has 0 amide bonds. The number of hydrogen-bond acceptors (Lipinski definition) is 5. The molecular formula is C20H20N4O4S. The molecule has 4 heterocycles. The van der Waals surface area contributed by atoms with Crippen LogP contribution in [0, 0.1) is 5.92 Å². The summed E-state index contributed by atoms with van der Waals surface area (Å²) in [5, 5.41) is 10.9. The fourth-order valence-corrected chi connectivity index (χ4v) is 4.90. The summed E-state index contributed by atoms with van der Waals surface area (Å²) in [6.07, 6.45) is 3.77. The Balaban J connectivity index is 2.02. The van der Waals surface area contributed by atoms with E-state index in [1.54, 1.807) is 12.4 Å². The average molecular weight is 412 g/mol. The Kier molecular flexibility index (Phi) is 4.62. The minimum absolute atomic E-state index is 0.0244. The van der Waals surface area contributed by atoms with Gasteiger partial charge in [0.2, 0.25) is 0 Å². The zero-order chi connectivity index (χ0) is 20.9. The third-order valence-corrected chi connectivity index (χ3v) is 6.12. The number of hydrogen-bond donors (Lipinski definition) is 2. The number of aromatic carboxylic acids is 1. The summed E-state index contributed by atoms with van der Waals surface area (Å²) in [7, 11) is 1.39. The van der Waals surface area contributed by atoms with E-state index in [2.05, 4.69) is 9.97 Å². The molecule has 0 aliphatic heterocycles. The van der Waals surface area contributed by atoms with Gasteiger partial charge in [-0.25, -0.2) is 14.6 Å². The quantitative estimate of drug-likeness (QED) is 0.524. The number of carboxylic acids is 1. The first-order chi connectivity index (χ1) is 13.8. The molecule has 4 aromatic rings. The normalized spacial score (nSPS) is 11.7. The SMILES string of the molecule is CC(C)Cn1c(=O)n(C)c(=O)c2c(C(=O)O)c(Cc3ccnc4[nH]ccc34)sc21. The van der Waals surface area contributed by atoms with Crippen molar-refractivity contribution >= 4 is 38.6 Å². The van der Waals surface area contributed by atoms with E-state index in [-0.39, 0.29) is 16.9 Å². The number of carboxylic acid groups (broad SMARTS) is 1. The lowest BCUT2D eigenvalue weighted by atomic mass is 10.1. The van der Waals surface area contributed by atoms with E-state index in [9.17, 15) is 19.5 Å². The minimum Gasteiger partial charge on any atom is -0.478 e. The van der Waals surface area contributed by atoms with Gasteiger partial charge in [0.25, 0.3) is 5.56 Å². The molecule has 8 nitrogen and oxygen atoms in total. The smallest absolute Gasteiger partial charge is 0.337 e. The monoisotopic (exact) mass is 412 g/mol. The van der Waals surface area contributed by atoms with Gasteiger partial charge in [0.1, 0.15) is 10.5 Å². The summed E-state index contributed by atoms with van der Waals surface area (Å²) in [5.41, 5.74) is 0.584. The maximum absolute atomic E-state index is 12.8. The van der Waals surface area contributed by atoms with Crippen LogP contribution in [0.5, 0.6) is 0 Å². The lowest BCUT2D eigenvalue weighted by molar-refractivity contribution is 0.0698. The molecule has 0 atom stereocenters. The van der Waals surface area contributed by atoms with Crippen LogP contribution >= 0.6 is 11.3 Å². The van der Waals surface area contributed by atoms with E-state index >= 15 is 0 Å². The third-order valence-electron chi connectivity index (χ3n) is 4.91. The number of carbonyl (C=O) groups is 1. The van der Waals surface area contributed by atoms with E-state index in [1.165, 1.54) is 23.0 Å². The standard InChI is InChI=1S/C20H20N4O4S/c1-10(2)9-24-18-15(17(25)23(3)20(24)28)14(19(26)27)13(29-18)8-11-4-6-21-16-12(11)5-7-22-16/h4-7,10H,8-9H2,1-3H3,(H,21,22)(H,26,27). The molecule has 9 heteroatoms. The second-order valence-electron chi connectivity index (χ2n) is 7.42. The van der Waals surface area contributed by atoms with Crippen molar-refractivity contribution in [1.82, 2.24) is 19.1 Å². The van der Waals surface area contributed by atoms with Gasteiger partial charge in [0.15, 0.2) is 0 Å². The Hall–Kier alpha value is -3.20. The molecule has 4 rings (SSSR count). The number of H-pyrrole nitrogens is 1. The summed E-state index contributed by atoms with van der Waals surface area (Å²) in [5.74, 6) is -1.01. The van der Waals surface area contributed by atoms with Crippen molar-refractivity contribution in [3.8, 4) is 0 Å². The molecule has 0 aromatic carbocycles. The van der Waals surface area contributed by atoms with Crippen LogP contribution in [0.3, 0.4) is 0 Å². The minimum atomic E-state index is -1.17. The summed E-state index contributed by atoms with van der Waals surface area (Å²) in [6, 6.07) is 3.73. The lowest BCUT2D eigenvalue weighted by Gasteiger charge is -2.11. The molecular weight excluding hydrogens is 392 g/mol.